The summed E-state index contributed by atoms with van der Waals surface area (Å²) in [7, 11) is 0. The van der Waals surface area contributed by atoms with E-state index < -0.39 is 12.1 Å². The predicted octanol–water partition coefficient (Wildman–Crippen LogP) is 3.58. The van der Waals surface area contributed by atoms with Crippen molar-refractivity contribution in [2.75, 3.05) is 55.8 Å². The van der Waals surface area contributed by atoms with Crippen molar-refractivity contribution in [3.05, 3.63) is 57.8 Å². The third-order valence-electron chi connectivity index (χ3n) is 6.02. The molecule has 0 aliphatic carbocycles. The number of nitriles is 1. The number of nitrogens with one attached hydrogen (secondary N) is 2. The average molecular weight is 667 g/mol. The normalized spacial score (nSPS) is 13.0. The molecule has 1 saturated heterocycles. The summed E-state index contributed by atoms with van der Waals surface area (Å²) < 4.78 is 38.6. The van der Waals surface area contributed by atoms with Gasteiger partial charge in [-0.15, -0.1) is 5.10 Å². The van der Waals surface area contributed by atoms with E-state index in [-0.39, 0.29) is 17.5 Å². The lowest BCUT2D eigenvalue weighted by Gasteiger charge is -2.25. The maximum Gasteiger partial charge on any atom is 0.490 e. The summed E-state index contributed by atoms with van der Waals surface area (Å²) in [5, 5.41) is 27.9. The highest BCUT2D eigenvalue weighted by molar-refractivity contribution is 6.36. The fourth-order valence-electron chi connectivity index (χ4n) is 3.87. The number of carbonyl (C=O) groups excluding carboxylic acids is 1. The van der Waals surface area contributed by atoms with Gasteiger partial charge in [0.2, 0.25) is 11.8 Å². The van der Waals surface area contributed by atoms with Crippen molar-refractivity contribution in [3.63, 3.8) is 0 Å². The van der Waals surface area contributed by atoms with Crippen LogP contribution in [0.15, 0.2) is 36.4 Å². The number of aliphatic carboxylic acids is 1. The van der Waals surface area contributed by atoms with Gasteiger partial charge in [-0.3, -0.25) is 4.79 Å². The van der Waals surface area contributed by atoms with Crippen LogP contribution >= 0.6 is 23.2 Å². The molecule has 0 saturated carbocycles. The minimum atomic E-state index is -5.08. The first-order valence-electron chi connectivity index (χ1n) is 12.9. The van der Waals surface area contributed by atoms with Crippen molar-refractivity contribution in [2.45, 2.75) is 6.18 Å². The molecule has 1 aliphatic heterocycles. The van der Waals surface area contributed by atoms with E-state index in [4.69, 9.17) is 53.8 Å². The van der Waals surface area contributed by atoms with E-state index in [1.165, 1.54) is 4.52 Å². The summed E-state index contributed by atoms with van der Waals surface area (Å²) in [4.78, 5) is 37.0. The molecule has 4 heterocycles. The number of nitrogens with two attached hydrogens (primary N) is 1. The molecule has 45 heavy (non-hydrogen) atoms. The number of ether oxygens (including phenoxy) is 1. The first-order valence-corrected chi connectivity index (χ1v) is 13.7. The average Bonchev–Trinajstić information content (AvgIpc) is 3.44. The van der Waals surface area contributed by atoms with Gasteiger partial charge in [0, 0.05) is 42.8 Å². The van der Waals surface area contributed by atoms with Crippen molar-refractivity contribution in [3.8, 4) is 17.3 Å². The van der Waals surface area contributed by atoms with Gasteiger partial charge >= 0.3 is 12.1 Å². The number of carboxylic acids is 1. The zero-order chi connectivity index (χ0) is 32.7. The minimum Gasteiger partial charge on any atom is -0.475 e. The molecule has 5 rings (SSSR count). The number of hydrogen-bond donors (Lipinski definition) is 4. The van der Waals surface area contributed by atoms with Crippen LogP contribution < -0.4 is 16.4 Å². The number of fused-ring (bicyclic) bond motifs is 1. The summed E-state index contributed by atoms with van der Waals surface area (Å²) in [5.74, 6) is -1.92. The number of amides is 1. The maximum atomic E-state index is 13.0. The highest BCUT2D eigenvalue weighted by atomic mass is 35.5. The van der Waals surface area contributed by atoms with E-state index in [0.717, 1.165) is 0 Å². The highest BCUT2D eigenvalue weighted by Gasteiger charge is 2.38. The van der Waals surface area contributed by atoms with E-state index in [1.807, 2.05) is 6.07 Å². The third-order valence-corrected chi connectivity index (χ3v) is 6.57. The summed E-state index contributed by atoms with van der Waals surface area (Å²) >= 11 is 12.5. The summed E-state index contributed by atoms with van der Waals surface area (Å²) in [5.41, 5.74) is 7.72. The number of nitrogens with zero attached hydrogens (tertiary/aromatic N) is 7. The number of morpholine rings is 1. The second-order valence-electron chi connectivity index (χ2n) is 9.10. The monoisotopic (exact) mass is 666 g/mol. The molecular weight excluding hydrogens is 644 g/mol. The number of hydrogen-bond acceptors (Lipinski definition) is 11. The van der Waals surface area contributed by atoms with E-state index in [1.54, 1.807) is 41.3 Å². The van der Waals surface area contributed by atoms with E-state index in [9.17, 15) is 18.0 Å². The minimum absolute atomic E-state index is 0.0616. The number of carbonyl (C=O) groups is 2. The van der Waals surface area contributed by atoms with E-state index >= 15 is 0 Å². The summed E-state index contributed by atoms with van der Waals surface area (Å²) in [6, 6.07) is 12.1. The predicted molar refractivity (Wildman–Crippen MR) is 157 cm³/mol. The smallest absolute Gasteiger partial charge is 0.475 e. The number of benzene rings is 1. The SMILES string of the molecule is N#Cc1ccc(NCCNc2nc(-c3ccc(Cl)cc3Cl)cc3nc(C(=O)N4CCOCC4)nn23)nc1N.O=C(O)C(F)(F)F. The second kappa shape index (κ2) is 14.2. The van der Waals surface area contributed by atoms with Crippen LogP contribution in [0.5, 0.6) is 0 Å². The number of aromatic nitrogens is 5. The lowest BCUT2D eigenvalue weighted by atomic mass is 10.1. The van der Waals surface area contributed by atoms with Gasteiger partial charge in [0.1, 0.15) is 17.7 Å². The number of carboxylic acid groups (broad SMARTS) is 1. The van der Waals surface area contributed by atoms with Crippen LogP contribution in [0.4, 0.5) is 30.8 Å². The Balaban J connectivity index is 0.000000591. The second-order valence-corrected chi connectivity index (χ2v) is 9.94. The van der Waals surface area contributed by atoms with Gasteiger partial charge in [-0.05, 0) is 30.3 Å². The molecule has 3 aromatic heterocycles. The lowest BCUT2D eigenvalue weighted by molar-refractivity contribution is -0.192. The first-order chi connectivity index (χ1) is 21.4. The molecule has 236 valence electrons. The molecule has 0 atom stereocenters. The molecule has 1 fully saturated rings. The molecule has 1 aliphatic rings. The number of alkyl halides is 3. The zero-order valence-corrected chi connectivity index (χ0v) is 24.5. The largest absolute Gasteiger partial charge is 0.490 e. The van der Waals surface area contributed by atoms with E-state index in [2.05, 4.69) is 25.7 Å². The quantitative estimate of drug-likeness (QED) is 0.210. The molecule has 1 amide bonds. The van der Waals surface area contributed by atoms with Gasteiger partial charge in [0.15, 0.2) is 5.65 Å². The van der Waals surface area contributed by atoms with Crippen LogP contribution in [0.2, 0.25) is 10.0 Å². The first kappa shape index (κ1) is 33.0. The Kier molecular flexibility index (Phi) is 10.4. The molecule has 5 N–H and O–H groups in total. The van der Waals surface area contributed by atoms with Gasteiger partial charge in [0.25, 0.3) is 5.91 Å². The van der Waals surface area contributed by atoms with Crippen LogP contribution in [0.1, 0.15) is 16.2 Å². The van der Waals surface area contributed by atoms with Gasteiger partial charge in [0.05, 0.1) is 29.5 Å². The van der Waals surface area contributed by atoms with E-state index in [0.29, 0.717) is 83.7 Å². The van der Waals surface area contributed by atoms with Crippen LogP contribution in [0.3, 0.4) is 0 Å². The van der Waals surface area contributed by atoms with Crippen molar-refractivity contribution < 1.29 is 32.6 Å². The van der Waals surface area contributed by atoms with Crippen molar-refractivity contribution >= 4 is 58.3 Å². The molecule has 0 bridgehead atoms. The van der Waals surface area contributed by atoms with Gasteiger partial charge in [-0.25, -0.2) is 19.7 Å². The Bertz CT molecular complexity index is 1760. The molecule has 14 nitrogen and oxygen atoms in total. The molecule has 0 spiro atoms. The van der Waals surface area contributed by atoms with Crippen LogP contribution in [-0.4, -0.2) is 92.0 Å². The van der Waals surface area contributed by atoms with Gasteiger partial charge < -0.3 is 31.1 Å². The van der Waals surface area contributed by atoms with Crippen molar-refractivity contribution in [1.82, 2.24) is 29.5 Å². The molecule has 19 heteroatoms. The summed E-state index contributed by atoms with van der Waals surface area (Å²) in [6.07, 6.45) is -5.08. The molecule has 1 aromatic carbocycles. The Hall–Kier alpha value is -4.92. The number of rotatable bonds is 7. The molecule has 0 radical (unpaired) electrons. The van der Waals surface area contributed by atoms with Crippen molar-refractivity contribution in [2.24, 2.45) is 0 Å². The number of halogens is 5. The topological polar surface area (TPSA) is 197 Å². The number of pyridine rings is 1. The fraction of sp³-hybridized carbons (Fsp3) is 0.269. The Labute approximate surface area is 262 Å². The maximum absolute atomic E-state index is 13.0. The number of anilines is 3. The fourth-order valence-corrected chi connectivity index (χ4v) is 4.38. The zero-order valence-electron chi connectivity index (χ0n) is 23.0. The lowest BCUT2D eigenvalue weighted by Crippen LogP contribution is -2.41. The Morgan fingerprint density at radius 1 is 1.07 bits per heavy atom. The number of nitrogen functional groups attached to an aromatic ring is 1. The van der Waals surface area contributed by atoms with Crippen LogP contribution in [0.25, 0.3) is 16.9 Å². The van der Waals surface area contributed by atoms with Crippen molar-refractivity contribution in [1.29, 1.82) is 5.26 Å². The molecular formula is C26H23Cl2F3N10O4. The van der Waals surface area contributed by atoms with Crippen LogP contribution in [-0.2, 0) is 9.53 Å². The Morgan fingerprint density at radius 3 is 2.38 bits per heavy atom. The summed E-state index contributed by atoms with van der Waals surface area (Å²) in [6.45, 7) is 2.75. The standard InChI is InChI=1S/C24H22Cl2N10O2.C2HF3O2/c25-15-2-3-16(17(26)11-15)18-12-20-33-22(23(37)35-7-9-38-10-8-35)34-36(20)24(31-18)30-6-5-29-19-4-1-14(13-27)21(28)32-19;3-2(4,5)1(6)7/h1-4,11-12H,5-10H2,(H,30,31)(H3,28,29,32);(H,6,7). The Morgan fingerprint density at radius 2 is 1.76 bits per heavy atom. The molecule has 0 unspecified atom stereocenters. The van der Waals surface area contributed by atoms with Crippen LogP contribution in [0, 0.1) is 11.3 Å². The third kappa shape index (κ3) is 8.38. The van der Waals surface area contributed by atoms with Gasteiger partial charge in [-0.1, -0.05) is 23.2 Å². The molecule has 4 aromatic rings. The van der Waals surface area contributed by atoms with Gasteiger partial charge in [-0.2, -0.15) is 22.9 Å². The highest BCUT2D eigenvalue weighted by Crippen LogP contribution is 2.30.